The first-order valence-corrected chi connectivity index (χ1v) is 5.20. The monoisotopic (exact) mass is 221 g/mol. The Hall–Kier alpha value is -1.91. The van der Waals surface area contributed by atoms with Gasteiger partial charge in [-0.3, -0.25) is 14.6 Å². The molecule has 0 spiro atoms. The number of nitrogens with zero attached hydrogens (tertiary/aromatic N) is 1. The highest BCUT2D eigenvalue weighted by molar-refractivity contribution is 5.94. The summed E-state index contributed by atoms with van der Waals surface area (Å²) in [7, 11) is 0. The Labute approximate surface area is 94.3 Å². The second-order valence-corrected chi connectivity index (χ2v) is 3.25. The second-order valence-electron chi connectivity index (χ2n) is 3.25. The standard InChI is InChI=1S/C11H15N3O2/c1-2-6-13-10(15)8-14-11(16)9-5-3-4-7-12-9/h3-5,7H,2,6,8H2,1H3,(H,13,15)(H,14,16). The van der Waals surface area contributed by atoms with Crippen molar-refractivity contribution in [1.82, 2.24) is 15.6 Å². The third kappa shape index (κ3) is 4.08. The molecule has 1 aromatic rings. The molecule has 1 rings (SSSR count). The molecule has 0 aromatic carbocycles. The van der Waals surface area contributed by atoms with E-state index in [9.17, 15) is 9.59 Å². The van der Waals surface area contributed by atoms with Crippen LogP contribution in [0.4, 0.5) is 0 Å². The average Bonchev–Trinajstić information content (AvgIpc) is 2.34. The van der Waals surface area contributed by atoms with Crippen LogP contribution < -0.4 is 10.6 Å². The van der Waals surface area contributed by atoms with E-state index < -0.39 is 0 Å². The molecule has 1 aromatic heterocycles. The first-order valence-electron chi connectivity index (χ1n) is 5.20. The Kier molecular flexibility index (Phi) is 4.98. The van der Waals surface area contributed by atoms with Gasteiger partial charge in [0, 0.05) is 12.7 Å². The van der Waals surface area contributed by atoms with Crippen molar-refractivity contribution in [2.75, 3.05) is 13.1 Å². The molecule has 2 N–H and O–H groups in total. The van der Waals surface area contributed by atoms with Gasteiger partial charge >= 0.3 is 0 Å². The summed E-state index contributed by atoms with van der Waals surface area (Å²) >= 11 is 0. The third-order valence-corrected chi connectivity index (χ3v) is 1.88. The summed E-state index contributed by atoms with van der Waals surface area (Å²) in [5.41, 5.74) is 0.311. The number of aromatic nitrogens is 1. The molecule has 0 saturated heterocycles. The molecule has 0 radical (unpaired) electrons. The predicted octanol–water partition coefficient (Wildman–Crippen LogP) is 0.338. The van der Waals surface area contributed by atoms with Crippen molar-refractivity contribution in [3.8, 4) is 0 Å². The molecule has 1 heterocycles. The molecular weight excluding hydrogens is 206 g/mol. The molecule has 5 heteroatoms. The van der Waals surface area contributed by atoms with Crippen LogP contribution in [0.5, 0.6) is 0 Å². The Bertz CT molecular complexity index is 352. The fraction of sp³-hybridized carbons (Fsp3) is 0.364. The SMILES string of the molecule is CCCNC(=O)CNC(=O)c1ccccn1. The van der Waals surface area contributed by atoms with E-state index in [2.05, 4.69) is 15.6 Å². The quantitative estimate of drug-likeness (QED) is 0.753. The average molecular weight is 221 g/mol. The van der Waals surface area contributed by atoms with Gasteiger partial charge in [0.05, 0.1) is 6.54 Å². The number of nitrogens with one attached hydrogen (secondary N) is 2. The van der Waals surface area contributed by atoms with E-state index in [-0.39, 0.29) is 18.4 Å². The summed E-state index contributed by atoms with van der Waals surface area (Å²) in [6, 6.07) is 5.04. The zero-order valence-corrected chi connectivity index (χ0v) is 9.19. The lowest BCUT2D eigenvalue weighted by atomic mass is 10.3. The molecule has 0 aliphatic carbocycles. The highest BCUT2D eigenvalue weighted by Crippen LogP contribution is 1.91. The Morgan fingerprint density at radius 2 is 2.12 bits per heavy atom. The normalized spacial score (nSPS) is 9.56. The number of hydrogen-bond acceptors (Lipinski definition) is 3. The third-order valence-electron chi connectivity index (χ3n) is 1.88. The molecule has 86 valence electrons. The van der Waals surface area contributed by atoms with Crippen molar-refractivity contribution < 1.29 is 9.59 Å². The maximum atomic E-state index is 11.5. The minimum absolute atomic E-state index is 0.0184. The van der Waals surface area contributed by atoms with Crippen LogP contribution in [0.3, 0.4) is 0 Å². The summed E-state index contributed by atoms with van der Waals surface area (Å²) in [5, 5.41) is 5.16. The van der Waals surface area contributed by atoms with Gasteiger partial charge in [-0.1, -0.05) is 13.0 Å². The molecule has 0 saturated carbocycles. The van der Waals surface area contributed by atoms with E-state index in [1.54, 1.807) is 18.2 Å². The summed E-state index contributed by atoms with van der Waals surface area (Å²) in [5.74, 6) is -0.529. The summed E-state index contributed by atoms with van der Waals surface area (Å²) in [6.07, 6.45) is 2.41. The Balaban J connectivity index is 2.33. The van der Waals surface area contributed by atoms with Crippen molar-refractivity contribution in [2.45, 2.75) is 13.3 Å². The smallest absolute Gasteiger partial charge is 0.270 e. The molecule has 0 bridgehead atoms. The van der Waals surface area contributed by atoms with Crippen molar-refractivity contribution in [3.63, 3.8) is 0 Å². The van der Waals surface area contributed by atoms with Gasteiger partial charge in [-0.2, -0.15) is 0 Å². The molecule has 5 nitrogen and oxygen atoms in total. The highest BCUT2D eigenvalue weighted by Gasteiger charge is 2.07. The molecule has 0 aliphatic heterocycles. The van der Waals surface area contributed by atoms with Crippen LogP contribution in [0.15, 0.2) is 24.4 Å². The zero-order valence-electron chi connectivity index (χ0n) is 9.19. The molecule has 0 atom stereocenters. The first-order chi connectivity index (χ1) is 7.74. The van der Waals surface area contributed by atoms with Gasteiger partial charge in [0.15, 0.2) is 0 Å². The van der Waals surface area contributed by atoms with Gasteiger partial charge in [-0.05, 0) is 18.6 Å². The molecule has 2 amide bonds. The van der Waals surface area contributed by atoms with Crippen LogP contribution in [0.2, 0.25) is 0 Å². The lowest BCUT2D eigenvalue weighted by Gasteiger charge is -2.05. The van der Waals surface area contributed by atoms with Crippen molar-refractivity contribution >= 4 is 11.8 Å². The highest BCUT2D eigenvalue weighted by atomic mass is 16.2. The minimum Gasteiger partial charge on any atom is -0.355 e. The maximum absolute atomic E-state index is 11.5. The molecule has 0 fully saturated rings. The van der Waals surface area contributed by atoms with E-state index in [1.807, 2.05) is 6.92 Å². The Morgan fingerprint density at radius 1 is 1.31 bits per heavy atom. The number of hydrogen-bond donors (Lipinski definition) is 2. The van der Waals surface area contributed by atoms with Gasteiger partial charge < -0.3 is 10.6 Å². The maximum Gasteiger partial charge on any atom is 0.270 e. The van der Waals surface area contributed by atoms with E-state index in [4.69, 9.17) is 0 Å². The van der Waals surface area contributed by atoms with Crippen LogP contribution in [-0.2, 0) is 4.79 Å². The van der Waals surface area contributed by atoms with Crippen LogP contribution in [0, 0.1) is 0 Å². The van der Waals surface area contributed by atoms with Gasteiger partial charge in [0.25, 0.3) is 5.91 Å². The van der Waals surface area contributed by atoms with Gasteiger partial charge in [0.2, 0.25) is 5.91 Å². The zero-order chi connectivity index (χ0) is 11.8. The lowest BCUT2D eigenvalue weighted by molar-refractivity contribution is -0.120. The Morgan fingerprint density at radius 3 is 2.75 bits per heavy atom. The molecule has 16 heavy (non-hydrogen) atoms. The molecule has 0 unspecified atom stereocenters. The van der Waals surface area contributed by atoms with Crippen LogP contribution in [-0.4, -0.2) is 29.9 Å². The minimum atomic E-state index is -0.341. The van der Waals surface area contributed by atoms with E-state index in [0.717, 1.165) is 6.42 Å². The number of pyridine rings is 1. The van der Waals surface area contributed by atoms with Crippen molar-refractivity contribution in [1.29, 1.82) is 0 Å². The molecular formula is C11H15N3O2. The number of carbonyl (C=O) groups is 2. The van der Waals surface area contributed by atoms with Gasteiger partial charge in [0.1, 0.15) is 5.69 Å². The predicted molar refractivity (Wildman–Crippen MR) is 59.9 cm³/mol. The lowest BCUT2D eigenvalue weighted by Crippen LogP contribution is -2.37. The number of carbonyl (C=O) groups excluding carboxylic acids is 2. The number of rotatable bonds is 5. The number of amides is 2. The topological polar surface area (TPSA) is 71.1 Å². The van der Waals surface area contributed by atoms with E-state index in [1.165, 1.54) is 6.20 Å². The largest absolute Gasteiger partial charge is 0.355 e. The van der Waals surface area contributed by atoms with Crippen molar-refractivity contribution in [2.24, 2.45) is 0 Å². The van der Waals surface area contributed by atoms with Crippen LogP contribution in [0.1, 0.15) is 23.8 Å². The van der Waals surface area contributed by atoms with E-state index in [0.29, 0.717) is 12.2 Å². The van der Waals surface area contributed by atoms with Crippen LogP contribution in [0.25, 0.3) is 0 Å². The summed E-state index contributed by atoms with van der Waals surface area (Å²) in [6.45, 7) is 2.57. The fourth-order valence-corrected chi connectivity index (χ4v) is 1.08. The van der Waals surface area contributed by atoms with Gasteiger partial charge in [-0.15, -0.1) is 0 Å². The summed E-state index contributed by atoms with van der Waals surface area (Å²) in [4.78, 5) is 26.5. The first kappa shape index (κ1) is 12.2. The van der Waals surface area contributed by atoms with Gasteiger partial charge in [-0.25, -0.2) is 0 Å². The van der Waals surface area contributed by atoms with Crippen molar-refractivity contribution in [3.05, 3.63) is 30.1 Å². The van der Waals surface area contributed by atoms with E-state index >= 15 is 0 Å². The fourth-order valence-electron chi connectivity index (χ4n) is 1.08. The second kappa shape index (κ2) is 6.55. The summed E-state index contributed by atoms with van der Waals surface area (Å²) < 4.78 is 0. The van der Waals surface area contributed by atoms with Crippen LogP contribution >= 0.6 is 0 Å². The molecule has 0 aliphatic rings.